The van der Waals surface area contributed by atoms with E-state index >= 15 is 0 Å². The topological polar surface area (TPSA) is 40.6 Å². The van der Waals surface area contributed by atoms with Gasteiger partial charge in [0.25, 0.3) is 5.91 Å². The number of amides is 1. The predicted molar refractivity (Wildman–Crippen MR) is 106 cm³/mol. The summed E-state index contributed by atoms with van der Waals surface area (Å²) < 4.78 is 15.5. The third-order valence-electron chi connectivity index (χ3n) is 4.90. The highest BCUT2D eigenvalue weighted by molar-refractivity contribution is 7.20. The van der Waals surface area contributed by atoms with Gasteiger partial charge in [0.05, 0.1) is 10.6 Å². The molecule has 0 N–H and O–H groups in total. The van der Waals surface area contributed by atoms with Gasteiger partial charge in [0.15, 0.2) is 5.78 Å². The number of halogens is 1. The number of thiophene rings is 1. The van der Waals surface area contributed by atoms with Crippen molar-refractivity contribution in [3.63, 3.8) is 0 Å². The molecule has 0 bridgehead atoms. The van der Waals surface area contributed by atoms with E-state index in [2.05, 4.69) is 0 Å². The summed E-state index contributed by atoms with van der Waals surface area (Å²) in [6.45, 7) is 3.63. The average molecular weight is 382 g/mol. The maximum Gasteiger partial charge on any atom is 0.264 e. The molecule has 27 heavy (non-hydrogen) atoms. The summed E-state index contributed by atoms with van der Waals surface area (Å²) in [6, 6.07) is 14.5. The molecule has 0 unspecified atom stereocenters. The van der Waals surface area contributed by atoms with E-state index in [-0.39, 0.29) is 11.7 Å². The quantitative estimate of drug-likeness (QED) is 0.638. The standard InChI is InChI=1S/C21H19FN2O2S/c1-14(25)15-6-7-18(17(22)12-15)23-8-10-24(11-9-23)21(26)20-13-16-4-2-3-5-19(16)27-20/h2-7,12-13H,8-11H2,1H3. The molecule has 0 spiro atoms. The van der Waals surface area contributed by atoms with Gasteiger partial charge in [0, 0.05) is 36.4 Å². The Kier molecular flexibility index (Phi) is 4.66. The van der Waals surface area contributed by atoms with Crippen molar-refractivity contribution in [3.8, 4) is 0 Å². The molecule has 4 rings (SSSR count). The van der Waals surface area contributed by atoms with Crippen LogP contribution in [0.5, 0.6) is 0 Å². The van der Waals surface area contributed by atoms with Crippen LogP contribution in [0.3, 0.4) is 0 Å². The van der Waals surface area contributed by atoms with Gasteiger partial charge >= 0.3 is 0 Å². The number of Topliss-reactive ketones (excluding diaryl/α,β-unsaturated/α-hetero) is 1. The first-order valence-corrected chi connectivity index (χ1v) is 9.68. The van der Waals surface area contributed by atoms with E-state index in [1.54, 1.807) is 12.1 Å². The summed E-state index contributed by atoms with van der Waals surface area (Å²) in [5, 5.41) is 1.08. The Morgan fingerprint density at radius 3 is 2.41 bits per heavy atom. The molecule has 1 saturated heterocycles. The molecular weight excluding hydrogens is 363 g/mol. The normalized spacial score (nSPS) is 14.6. The molecule has 0 atom stereocenters. The molecule has 138 valence electrons. The highest BCUT2D eigenvalue weighted by Crippen LogP contribution is 2.27. The molecule has 2 heterocycles. The summed E-state index contributed by atoms with van der Waals surface area (Å²) in [5.74, 6) is -0.519. The van der Waals surface area contributed by atoms with Crippen LogP contribution in [0.25, 0.3) is 10.1 Å². The predicted octanol–water partition coefficient (Wildman–Crippen LogP) is 4.21. The van der Waals surface area contributed by atoms with E-state index in [0.717, 1.165) is 15.0 Å². The second kappa shape index (κ2) is 7.12. The Labute approximate surface area is 160 Å². The Balaban J connectivity index is 1.45. The lowest BCUT2D eigenvalue weighted by Crippen LogP contribution is -2.48. The van der Waals surface area contributed by atoms with Crippen molar-refractivity contribution in [1.82, 2.24) is 4.90 Å². The summed E-state index contributed by atoms with van der Waals surface area (Å²) in [5.41, 5.74) is 0.851. The number of piperazine rings is 1. The number of benzene rings is 2. The zero-order chi connectivity index (χ0) is 19.0. The van der Waals surface area contributed by atoms with Gasteiger partial charge in [-0.15, -0.1) is 11.3 Å². The number of carbonyl (C=O) groups is 2. The van der Waals surface area contributed by atoms with Gasteiger partial charge in [-0.05, 0) is 42.6 Å². The fraction of sp³-hybridized carbons (Fsp3) is 0.238. The molecule has 0 saturated carbocycles. The monoisotopic (exact) mass is 382 g/mol. The molecule has 1 amide bonds. The fourth-order valence-corrected chi connectivity index (χ4v) is 4.41. The number of hydrogen-bond donors (Lipinski definition) is 0. The molecule has 1 fully saturated rings. The molecular formula is C21H19FN2O2S. The Bertz CT molecular complexity index is 989. The van der Waals surface area contributed by atoms with Crippen LogP contribution in [-0.4, -0.2) is 42.8 Å². The fourth-order valence-electron chi connectivity index (χ4n) is 3.38. The zero-order valence-corrected chi connectivity index (χ0v) is 15.8. The number of nitrogens with zero attached hydrogens (tertiary/aromatic N) is 2. The minimum absolute atomic E-state index is 0.0308. The summed E-state index contributed by atoms with van der Waals surface area (Å²) in [7, 11) is 0. The smallest absolute Gasteiger partial charge is 0.264 e. The highest BCUT2D eigenvalue weighted by atomic mass is 32.1. The van der Waals surface area contributed by atoms with Gasteiger partial charge in [-0.2, -0.15) is 0 Å². The third-order valence-corrected chi connectivity index (χ3v) is 6.00. The van der Waals surface area contributed by atoms with Crippen molar-refractivity contribution in [2.24, 2.45) is 0 Å². The first-order valence-electron chi connectivity index (χ1n) is 8.86. The largest absolute Gasteiger partial charge is 0.366 e. The molecule has 0 radical (unpaired) electrons. The van der Waals surface area contributed by atoms with Crippen LogP contribution in [0.1, 0.15) is 27.0 Å². The van der Waals surface area contributed by atoms with Crippen molar-refractivity contribution in [1.29, 1.82) is 0 Å². The SMILES string of the molecule is CC(=O)c1ccc(N2CCN(C(=O)c3cc4ccccc4s3)CC2)c(F)c1. The lowest BCUT2D eigenvalue weighted by atomic mass is 10.1. The minimum Gasteiger partial charge on any atom is -0.366 e. The lowest BCUT2D eigenvalue weighted by molar-refractivity contribution is 0.0751. The van der Waals surface area contributed by atoms with E-state index in [4.69, 9.17) is 0 Å². The Hall–Kier alpha value is -2.73. The van der Waals surface area contributed by atoms with Crippen molar-refractivity contribution >= 4 is 38.8 Å². The van der Waals surface area contributed by atoms with Crippen LogP contribution in [0.2, 0.25) is 0 Å². The number of rotatable bonds is 3. The molecule has 1 aliphatic rings. The summed E-state index contributed by atoms with van der Waals surface area (Å²) in [6.07, 6.45) is 0. The van der Waals surface area contributed by atoms with Gasteiger partial charge < -0.3 is 9.80 Å². The Morgan fingerprint density at radius 1 is 1.00 bits per heavy atom. The van der Waals surface area contributed by atoms with Crippen molar-refractivity contribution in [2.75, 3.05) is 31.1 Å². The van der Waals surface area contributed by atoms with Crippen LogP contribution in [0, 0.1) is 5.82 Å². The van der Waals surface area contributed by atoms with Crippen LogP contribution in [0.4, 0.5) is 10.1 Å². The number of carbonyl (C=O) groups excluding carboxylic acids is 2. The maximum absolute atomic E-state index is 14.4. The number of hydrogen-bond acceptors (Lipinski definition) is 4. The summed E-state index contributed by atoms with van der Waals surface area (Å²) in [4.78, 5) is 28.7. The van der Waals surface area contributed by atoms with E-state index in [1.807, 2.05) is 40.1 Å². The van der Waals surface area contributed by atoms with Crippen molar-refractivity contribution in [2.45, 2.75) is 6.92 Å². The van der Waals surface area contributed by atoms with Crippen LogP contribution in [0.15, 0.2) is 48.5 Å². The number of ketones is 1. The first-order chi connectivity index (χ1) is 13.0. The van der Waals surface area contributed by atoms with Crippen LogP contribution in [-0.2, 0) is 0 Å². The van der Waals surface area contributed by atoms with Gasteiger partial charge in [0.1, 0.15) is 5.82 Å². The van der Waals surface area contributed by atoms with Crippen LogP contribution >= 0.6 is 11.3 Å². The maximum atomic E-state index is 14.4. The van der Waals surface area contributed by atoms with Gasteiger partial charge in [-0.1, -0.05) is 18.2 Å². The molecule has 4 nitrogen and oxygen atoms in total. The van der Waals surface area contributed by atoms with Crippen LogP contribution < -0.4 is 4.90 Å². The van der Waals surface area contributed by atoms with Gasteiger partial charge in [-0.3, -0.25) is 9.59 Å². The number of fused-ring (bicyclic) bond motifs is 1. The van der Waals surface area contributed by atoms with Crippen molar-refractivity contribution in [3.05, 3.63) is 64.8 Å². The van der Waals surface area contributed by atoms with E-state index < -0.39 is 5.82 Å². The molecule has 0 aliphatic carbocycles. The second-order valence-electron chi connectivity index (χ2n) is 6.65. The van der Waals surface area contributed by atoms with Gasteiger partial charge in [-0.25, -0.2) is 4.39 Å². The van der Waals surface area contributed by atoms with Gasteiger partial charge in [0.2, 0.25) is 0 Å². The highest BCUT2D eigenvalue weighted by Gasteiger charge is 2.25. The zero-order valence-electron chi connectivity index (χ0n) is 14.9. The Morgan fingerprint density at radius 2 is 1.74 bits per heavy atom. The van der Waals surface area contributed by atoms with Crippen molar-refractivity contribution < 1.29 is 14.0 Å². The molecule has 6 heteroatoms. The molecule has 1 aliphatic heterocycles. The molecule has 3 aromatic rings. The molecule has 2 aromatic carbocycles. The lowest BCUT2D eigenvalue weighted by Gasteiger charge is -2.36. The minimum atomic E-state index is -0.396. The summed E-state index contributed by atoms with van der Waals surface area (Å²) >= 11 is 1.51. The van der Waals surface area contributed by atoms with E-state index in [9.17, 15) is 14.0 Å². The molecule has 1 aromatic heterocycles. The third kappa shape index (κ3) is 3.45. The van der Waals surface area contributed by atoms with E-state index in [0.29, 0.717) is 37.4 Å². The number of anilines is 1. The first kappa shape index (κ1) is 17.7. The van der Waals surface area contributed by atoms with E-state index in [1.165, 1.54) is 24.3 Å². The average Bonchev–Trinajstić information content (AvgIpc) is 3.11. The second-order valence-corrected chi connectivity index (χ2v) is 7.73.